The van der Waals surface area contributed by atoms with E-state index in [-0.39, 0.29) is 5.91 Å². The summed E-state index contributed by atoms with van der Waals surface area (Å²) in [4.78, 5) is 28.7. The van der Waals surface area contributed by atoms with Gasteiger partial charge < -0.3 is 14.5 Å². The Hall–Kier alpha value is -2.53. The number of carbonyl (C=O) groups is 2. The monoisotopic (exact) mass is 372 g/mol. The van der Waals surface area contributed by atoms with Crippen LogP contribution in [-0.4, -0.2) is 49.1 Å². The molecule has 0 aliphatic carbocycles. The van der Waals surface area contributed by atoms with E-state index >= 15 is 0 Å². The average Bonchev–Trinajstić information content (AvgIpc) is 2.68. The molecular formula is C20H21ClN2O3. The van der Waals surface area contributed by atoms with E-state index < -0.39 is 12.1 Å². The molecule has 1 aliphatic heterocycles. The lowest BCUT2D eigenvalue weighted by molar-refractivity contribution is -0.140. The number of amides is 1. The molecule has 0 aromatic heterocycles. The lowest BCUT2D eigenvalue weighted by atomic mass is 10.2. The van der Waals surface area contributed by atoms with Gasteiger partial charge in [-0.25, -0.2) is 4.79 Å². The molecule has 1 fully saturated rings. The van der Waals surface area contributed by atoms with Crippen LogP contribution in [0.5, 0.6) is 0 Å². The molecule has 0 spiro atoms. The SMILES string of the molecule is CC(OC(=O)c1cccc(Cl)c1)C(=O)N1CCN(c2ccccc2)CC1. The van der Waals surface area contributed by atoms with Crippen molar-refractivity contribution >= 4 is 29.2 Å². The van der Waals surface area contributed by atoms with E-state index in [0.29, 0.717) is 23.7 Å². The summed E-state index contributed by atoms with van der Waals surface area (Å²) >= 11 is 5.89. The summed E-state index contributed by atoms with van der Waals surface area (Å²) in [5.41, 5.74) is 1.49. The molecule has 5 nitrogen and oxygen atoms in total. The molecule has 1 aliphatic rings. The van der Waals surface area contributed by atoms with Crippen molar-refractivity contribution in [1.82, 2.24) is 4.90 Å². The van der Waals surface area contributed by atoms with Crippen LogP contribution in [0.3, 0.4) is 0 Å². The van der Waals surface area contributed by atoms with Gasteiger partial charge in [-0.2, -0.15) is 0 Å². The summed E-state index contributed by atoms with van der Waals surface area (Å²) in [5.74, 6) is -0.718. The van der Waals surface area contributed by atoms with Crippen molar-refractivity contribution in [2.75, 3.05) is 31.1 Å². The fourth-order valence-electron chi connectivity index (χ4n) is 2.98. The van der Waals surface area contributed by atoms with Crippen LogP contribution in [0.15, 0.2) is 54.6 Å². The maximum atomic E-state index is 12.6. The average molecular weight is 373 g/mol. The zero-order valence-electron chi connectivity index (χ0n) is 14.6. The number of hydrogen-bond acceptors (Lipinski definition) is 4. The summed E-state index contributed by atoms with van der Waals surface area (Å²) in [6.45, 7) is 4.32. The first-order valence-electron chi connectivity index (χ1n) is 8.60. The molecule has 2 aromatic rings. The number of benzene rings is 2. The van der Waals surface area contributed by atoms with Crippen LogP contribution in [-0.2, 0) is 9.53 Å². The van der Waals surface area contributed by atoms with E-state index in [4.69, 9.17) is 16.3 Å². The van der Waals surface area contributed by atoms with Crippen molar-refractivity contribution in [1.29, 1.82) is 0 Å². The Bertz CT molecular complexity index is 774. The maximum absolute atomic E-state index is 12.6. The molecule has 0 radical (unpaired) electrons. The predicted molar refractivity (Wildman–Crippen MR) is 102 cm³/mol. The Balaban J connectivity index is 1.54. The van der Waals surface area contributed by atoms with Gasteiger partial charge in [-0.3, -0.25) is 4.79 Å². The number of esters is 1. The summed E-state index contributed by atoms with van der Waals surface area (Å²) in [7, 11) is 0. The van der Waals surface area contributed by atoms with Crippen molar-refractivity contribution in [2.45, 2.75) is 13.0 Å². The fourth-order valence-corrected chi connectivity index (χ4v) is 3.17. The van der Waals surface area contributed by atoms with Crippen LogP contribution in [0, 0.1) is 0 Å². The van der Waals surface area contributed by atoms with Gasteiger partial charge >= 0.3 is 5.97 Å². The van der Waals surface area contributed by atoms with Crippen LogP contribution in [0.1, 0.15) is 17.3 Å². The Morgan fingerprint density at radius 1 is 1.00 bits per heavy atom. The zero-order chi connectivity index (χ0) is 18.5. The van der Waals surface area contributed by atoms with E-state index in [9.17, 15) is 9.59 Å². The topological polar surface area (TPSA) is 49.9 Å². The molecule has 1 saturated heterocycles. The second kappa shape index (κ2) is 8.23. The van der Waals surface area contributed by atoms with Gasteiger partial charge in [0.25, 0.3) is 5.91 Å². The van der Waals surface area contributed by atoms with Crippen LogP contribution in [0.2, 0.25) is 5.02 Å². The molecule has 6 heteroatoms. The molecule has 1 atom stereocenters. The number of anilines is 1. The number of piperazine rings is 1. The van der Waals surface area contributed by atoms with Gasteiger partial charge in [0, 0.05) is 36.9 Å². The molecule has 136 valence electrons. The van der Waals surface area contributed by atoms with Crippen LogP contribution >= 0.6 is 11.6 Å². The Morgan fingerprint density at radius 2 is 1.69 bits per heavy atom. The molecule has 0 N–H and O–H groups in total. The molecule has 26 heavy (non-hydrogen) atoms. The third kappa shape index (κ3) is 4.35. The van der Waals surface area contributed by atoms with E-state index in [1.54, 1.807) is 30.0 Å². The lowest BCUT2D eigenvalue weighted by Gasteiger charge is -2.37. The van der Waals surface area contributed by atoms with Crippen LogP contribution in [0.25, 0.3) is 0 Å². The molecule has 1 unspecified atom stereocenters. The van der Waals surface area contributed by atoms with Gasteiger partial charge in [0.05, 0.1) is 5.56 Å². The number of rotatable bonds is 4. The number of ether oxygens (including phenoxy) is 1. The van der Waals surface area contributed by atoms with Gasteiger partial charge in [0.2, 0.25) is 0 Å². The zero-order valence-corrected chi connectivity index (χ0v) is 15.4. The molecule has 1 heterocycles. The third-order valence-corrected chi connectivity index (χ3v) is 4.64. The van der Waals surface area contributed by atoms with Gasteiger partial charge in [0.15, 0.2) is 6.10 Å². The fraction of sp³-hybridized carbons (Fsp3) is 0.300. The highest BCUT2D eigenvalue weighted by Gasteiger charge is 2.27. The molecule has 3 rings (SSSR count). The van der Waals surface area contributed by atoms with E-state index in [2.05, 4.69) is 17.0 Å². The molecule has 0 bridgehead atoms. The van der Waals surface area contributed by atoms with Gasteiger partial charge in [0.1, 0.15) is 0 Å². The van der Waals surface area contributed by atoms with Crippen molar-refractivity contribution in [2.24, 2.45) is 0 Å². The molecule has 0 saturated carbocycles. The Kier molecular flexibility index (Phi) is 5.78. The summed E-state index contributed by atoms with van der Waals surface area (Å²) in [6.07, 6.45) is -0.829. The normalized spacial score (nSPS) is 15.5. The van der Waals surface area contributed by atoms with Crippen molar-refractivity contribution in [3.8, 4) is 0 Å². The molecule has 1 amide bonds. The number of halogens is 1. The lowest BCUT2D eigenvalue weighted by Crippen LogP contribution is -2.51. The van der Waals surface area contributed by atoms with E-state index in [0.717, 1.165) is 18.8 Å². The van der Waals surface area contributed by atoms with Gasteiger partial charge in [-0.05, 0) is 37.3 Å². The predicted octanol–water partition coefficient (Wildman–Crippen LogP) is 3.23. The maximum Gasteiger partial charge on any atom is 0.338 e. The van der Waals surface area contributed by atoms with Crippen molar-refractivity contribution in [3.05, 3.63) is 65.2 Å². The van der Waals surface area contributed by atoms with Crippen molar-refractivity contribution < 1.29 is 14.3 Å². The molecule has 2 aromatic carbocycles. The van der Waals surface area contributed by atoms with E-state index in [1.165, 1.54) is 6.07 Å². The minimum absolute atomic E-state index is 0.173. The number of hydrogen-bond donors (Lipinski definition) is 0. The second-order valence-corrected chi connectivity index (χ2v) is 6.64. The number of para-hydroxylation sites is 1. The summed E-state index contributed by atoms with van der Waals surface area (Å²) in [5, 5.41) is 0.454. The first-order valence-corrected chi connectivity index (χ1v) is 8.98. The highest BCUT2D eigenvalue weighted by Crippen LogP contribution is 2.17. The number of carbonyl (C=O) groups excluding carboxylic acids is 2. The standard InChI is InChI=1S/C20H21ClN2O3/c1-15(26-20(25)16-6-5-7-17(21)14-16)19(24)23-12-10-22(11-13-23)18-8-3-2-4-9-18/h2-9,14-15H,10-13H2,1H3. The van der Waals surface area contributed by atoms with E-state index in [1.807, 2.05) is 18.2 Å². The smallest absolute Gasteiger partial charge is 0.338 e. The van der Waals surface area contributed by atoms with Crippen molar-refractivity contribution in [3.63, 3.8) is 0 Å². The minimum atomic E-state index is -0.829. The van der Waals surface area contributed by atoms with Gasteiger partial charge in [-0.15, -0.1) is 0 Å². The first-order chi connectivity index (χ1) is 12.5. The summed E-state index contributed by atoms with van der Waals surface area (Å²) < 4.78 is 5.32. The number of nitrogens with zero attached hydrogens (tertiary/aromatic N) is 2. The van der Waals surface area contributed by atoms with Gasteiger partial charge in [-0.1, -0.05) is 35.9 Å². The second-order valence-electron chi connectivity index (χ2n) is 6.21. The van der Waals surface area contributed by atoms with Crippen LogP contribution < -0.4 is 4.90 Å². The quantitative estimate of drug-likeness (QED) is 0.773. The van der Waals surface area contributed by atoms with Crippen LogP contribution in [0.4, 0.5) is 5.69 Å². The summed E-state index contributed by atoms with van der Waals surface area (Å²) in [6, 6.07) is 16.6. The Morgan fingerprint density at radius 3 is 2.35 bits per heavy atom. The highest BCUT2D eigenvalue weighted by atomic mass is 35.5. The highest BCUT2D eigenvalue weighted by molar-refractivity contribution is 6.30. The first kappa shape index (κ1) is 18.3. The third-order valence-electron chi connectivity index (χ3n) is 4.40. The minimum Gasteiger partial charge on any atom is -0.449 e. The Labute approximate surface area is 158 Å². The molecular weight excluding hydrogens is 352 g/mol. The largest absolute Gasteiger partial charge is 0.449 e.